The zero-order valence-electron chi connectivity index (χ0n) is 13.2. The standard InChI is InChI=1S/C17H19NO4S/c1-3-21-17(20)14-13-10(2)6-4-8-12(13)23-16(14)18-15(19)11-7-5-9-22-11/h5,7,9-10H,3-4,6,8H2,1-2H3,(H,18,19)/t10-/m0/s1. The fraction of sp³-hybridized carbons (Fsp3) is 0.412. The maximum absolute atomic E-state index is 12.4. The second kappa shape index (κ2) is 6.58. The highest BCUT2D eigenvalue weighted by Gasteiger charge is 2.31. The van der Waals surface area contributed by atoms with Gasteiger partial charge in [0.2, 0.25) is 0 Å². The van der Waals surface area contributed by atoms with E-state index in [1.807, 2.05) is 0 Å². The molecule has 0 aromatic carbocycles. The minimum Gasteiger partial charge on any atom is -0.462 e. The third-order valence-electron chi connectivity index (χ3n) is 4.01. The molecule has 0 unspecified atom stereocenters. The van der Waals surface area contributed by atoms with Crippen LogP contribution in [0.15, 0.2) is 22.8 Å². The Kier molecular flexibility index (Phi) is 4.52. The number of hydrogen-bond donors (Lipinski definition) is 1. The first-order valence-corrected chi connectivity index (χ1v) is 8.61. The number of rotatable bonds is 4. The van der Waals surface area contributed by atoms with Crippen molar-refractivity contribution in [3.63, 3.8) is 0 Å². The summed E-state index contributed by atoms with van der Waals surface area (Å²) in [6, 6.07) is 3.25. The van der Waals surface area contributed by atoms with Crippen molar-refractivity contribution in [3.8, 4) is 0 Å². The number of ether oxygens (including phenoxy) is 1. The Labute approximate surface area is 138 Å². The fourth-order valence-corrected chi connectivity index (χ4v) is 4.32. The predicted molar refractivity (Wildman–Crippen MR) is 88.3 cm³/mol. The number of fused-ring (bicyclic) bond motifs is 1. The number of thiophene rings is 1. The van der Waals surface area contributed by atoms with Crippen molar-refractivity contribution >= 4 is 28.2 Å². The third-order valence-corrected chi connectivity index (χ3v) is 5.19. The Morgan fingerprint density at radius 1 is 1.48 bits per heavy atom. The number of aryl methyl sites for hydroxylation is 1. The molecule has 1 aliphatic rings. The summed E-state index contributed by atoms with van der Waals surface area (Å²) in [5.74, 6) is -0.205. The molecular weight excluding hydrogens is 314 g/mol. The Hall–Kier alpha value is -2.08. The summed E-state index contributed by atoms with van der Waals surface area (Å²) >= 11 is 1.47. The van der Waals surface area contributed by atoms with Crippen LogP contribution in [0.25, 0.3) is 0 Å². The molecule has 122 valence electrons. The van der Waals surface area contributed by atoms with Crippen LogP contribution in [0.2, 0.25) is 0 Å². The molecule has 23 heavy (non-hydrogen) atoms. The van der Waals surface area contributed by atoms with Gasteiger partial charge in [0.15, 0.2) is 5.76 Å². The van der Waals surface area contributed by atoms with E-state index in [9.17, 15) is 9.59 Å². The van der Waals surface area contributed by atoms with Gasteiger partial charge in [-0.1, -0.05) is 6.92 Å². The lowest BCUT2D eigenvalue weighted by atomic mass is 9.86. The molecule has 2 aromatic rings. The lowest BCUT2D eigenvalue weighted by Gasteiger charge is -2.19. The monoisotopic (exact) mass is 333 g/mol. The van der Waals surface area contributed by atoms with Gasteiger partial charge in [0.1, 0.15) is 5.00 Å². The number of amides is 1. The van der Waals surface area contributed by atoms with Crippen LogP contribution in [-0.4, -0.2) is 18.5 Å². The van der Waals surface area contributed by atoms with Gasteiger partial charge in [0, 0.05) is 4.88 Å². The van der Waals surface area contributed by atoms with E-state index in [0.717, 1.165) is 24.8 Å². The van der Waals surface area contributed by atoms with E-state index in [1.54, 1.807) is 19.1 Å². The van der Waals surface area contributed by atoms with Crippen molar-refractivity contribution in [2.24, 2.45) is 0 Å². The van der Waals surface area contributed by atoms with Crippen molar-refractivity contribution < 1.29 is 18.7 Å². The highest BCUT2D eigenvalue weighted by Crippen LogP contribution is 2.43. The number of anilines is 1. The lowest BCUT2D eigenvalue weighted by Crippen LogP contribution is -2.16. The van der Waals surface area contributed by atoms with Crippen LogP contribution in [0, 0.1) is 0 Å². The Morgan fingerprint density at radius 2 is 2.30 bits per heavy atom. The highest BCUT2D eigenvalue weighted by molar-refractivity contribution is 7.17. The molecule has 1 N–H and O–H groups in total. The second-order valence-corrected chi connectivity index (χ2v) is 6.69. The van der Waals surface area contributed by atoms with Crippen LogP contribution in [0.5, 0.6) is 0 Å². The van der Waals surface area contributed by atoms with Crippen LogP contribution >= 0.6 is 11.3 Å². The summed E-state index contributed by atoms with van der Waals surface area (Å²) in [6.45, 7) is 4.20. The summed E-state index contributed by atoms with van der Waals surface area (Å²) in [5.41, 5.74) is 1.55. The smallest absolute Gasteiger partial charge is 0.341 e. The SMILES string of the molecule is CCOC(=O)c1c(NC(=O)c2ccco2)sc2c1[C@@H](C)CCC2. The van der Waals surface area contributed by atoms with Gasteiger partial charge in [0.25, 0.3) is 5.91 Å². The van der Waals surface area contributed by atoms with E-state index in [2.05, 4.69) is 12.2 Å². The van der Waals surface area contributed by atoms with Gasteiger partial charge < -0.3 is 14.5 Å². The highest BCUT2D eigenvalue weighted by atomic mass is 32.1. The largest absolute Gasteiger partial charge is 0.462 e. The van der Waals surface area contributed by atoms with E-state index in [-0.39, 0.29) is 17.6 Å². The van der Waals surface area contributed by atoms with Gasteiger partial charge in [0.05, 0.1) is 18.4 Å². The van der Waals surface area contributed by atoms with E-state index in [1.165, 1.54) is 22.5 Å². The quantitative estimate of drug-likeness (QED) is 0.851. The van der Waals surface area contributed by atoms with Crippen LogP contribution in [0.3, 0.4) is 0 Å². The number of furan rings is 1. The van der Waals surface area contributed by atoms with Crippen molar-refractivity contribution in [3.05, 3.63) is 40.2 Å². The summed E-state index contributed by atoms with van der Waals surface area (Å²) in [6.07, 6.45) is 4.53. The minimum atomic E-state index is -0.367. The zero-order valence-corrected chi connectivity index (χ0v) is 14.0. The maximum atomic E-state index is 12.4. The Bertz CT molecular complexity index is 717. The summed E-state index contributed by atoms with van der Waals surface area (Å²) in [5, 5.41) is 3.37. The average Bonchev–Trinajstić information content (AvgIpc) is 3.15. The van der Waals surface area contributed by atoms with E-state index in [0.29, 0.717) is 23.1 Å². The molecule has 3 rings (SSSR count). The first-order valence-electron chi connectivity index (χ1n) is 7.79. The average molecular weight is 333 g/mol. The maximum Gasteiger partial charge on any atom is 0.341 e. The van der Waals surface area contributed by atoms with Crippen molar-refractivity contribution in [1.82, 2.24) is 0 Å². The van der Waals surface area contributed by atoms with Gasteiger partial charge in [-0.25, -0.2) is 4.79 Å². The van der Waals surface area contributed by atoms with E-state index < -0.39 is 0 Å². The molecule has 0 saturated heterocycles. The third kappa shape index (κ3) is 3.03. The van der Waals surface area contributed by atoms with Crippen molar-refractivity contribution in [2.45, 2.75) is 39.0 Å². The molecule has 1 aliphatic carbocycles. The number of carbonyl (C=O) groups is 2. The molecule has 5 nitrogen and oxygen atoms in total. The first kappa shape index (κ1) is 15.8. The molecule has 0 saturated carbocycles. The number of nitrogens with one attached hydrogen (secondary N) is 1. The topological polar surface area (TPSA) is 68.5 Å². The molecule has 1 atom stereocenters. The first-order chi connectivity index (χ1) is 11.1. The molecule has 0 aliphatic heterocycles. The molecule has 2 heterocycles. The van der Waals surface area contributed by atoms with Gasteiger partial charge >= 0.3 is 5.97 Å². The Morgan fingerprint density at radius 3 is 3.00 bits per heavy atom. The molecule has 1 amide bonds. The summed E-state index contributed by atoms with van der Waals surface area (Å²) in [7, 11) is 0. The van der Waals surface area contributed by atoms with Gasteiger partial charge in [-0.15, -0.1) is 11.3 Å². The van der Waals surface area contributed by atoms with Crippen LogP contribution < -0.4 is 5.32 Å². The zero-order chi connectivity index (χ0) is 16.4. The normalized spacial score (nSPS) is 16.7. The van der Waals surface area contributed by atoms with Gasteiger partial charge in [-0.2, -0.15) is 0 Å². The predicted octanol–water partition coefficient (Wildman–Crippen LogP) is 4.21. The van der Waals surface area contributed by atoms with Gasteiger partial charge in [-0.3, -0.25) is 4.79 Å². The molecule has 2 aromatic heterocycles. The molecule has 0 fully saturated rings. The van der Waals surface area contributed by atoms with Crippen LogP contribution in [0.1, 0.15) is 64.0 Å². The Balaban J connectivity index is 1.98. The molecule has 0 spiro atoms. The van der Waals surface area contributed by atoms with Crippen LogP contribution in [-0.2, 0) is 11.2 Å². The van der Waals surface area contributed by atoms with Crippen molar-refractivity contribution in [1.29, 1.82) is 0 Å². The summed E-state index contributed by atoms with van der Waals surface area (Å²) in [4.78, 5) is 25.8. The number of hydrogen-bond acceptors (Lipinski definition) is 5. The minimum absolute atomic E-state index is 0.222. The lowest BCUT2D eigenvalue weighted by molar-refractivity contribution is 0.0526. The van der Waals surface area contributed by atoms with E-state index >= 15 is 0 Å². The number of carbonyl (C=O) groups excluding carboxylic acids is 2. The second-order valence-electron chi connectivity index (χ2n) is 5.59. The molecular formula is C17H19NO4S. The van der Waals surface area contributed by atoms with E-state index in [4.69, 9.17) is 9.15 Å². The van der Waals surface area contributed by atoms with Crippen molar-refractivity contribution in [2.75, 3.05) is 11.9 Å². The summed E-state index contributed by atoms with van der Waals surface area (Å²) < 4.78 is 10.3. The van der Waals surface area contributed by atoms with Gasteiger partial charge in [-0.05, 0) is 49.8 Å². The molecule has 6 heteroatoms. The van der Waals surface area contributed by atoms with Crippen LogP contribution in [0.4, 0.5) is 5.00 Å². The molecule has 0 radical (unpaired) electrons. The fourth-order valence-electron chi connectivity index (χ4n) is 2.98. The number of esters is 1. The molecule has 0 bridgehead atoms.